The molecule has 7 heteroatoms. The smallest absolute Gasteiger partial charge is 0.224 e. The van der Waals surface area contributed by atoms with E-state index in [0.29, 0.717) is 13.0 Å². The summed E-state index contributed by atoms with van der Waals surface area (Å²) in [5, 5.41) is 7.42. The molecular weight excluding hydrogens is 323 g/mol. The third-order valence-electron chi connectivity index (χ3n) is 4.09. The Morgan fingerprint density at radius 2 is 2.05 bits per heavy atom. The normalized spacial score (nSPS) is 15.1. The van der Waals surface area contributed by atoms with Crippen LogP contribution in [0.1, 0.15) is 31.2 Å². The van der Waals surface area contributed by atoms with Gasteiger partial charge in [0.1, 0.15) is 0 Å². The van der Waals surface area contributed by atoms with Gasteiger partial charge in [-0.1, -0.05) is 0 Å². The Labute approximate surface area is 145 Å². The minimum absolute atomic E-state index is 0. The zero-order valence-corrected chi connectivity index (χ0v) is 15.1. The monoisotopic (exact) mass is 350 g/mol. The van der Waals surface area contributed by atoms with Crippen molar-refractivity contribution in [3.05, 3.63) is 18.0 Å². The quantitative estimate of drug-likeness (QED) is 0.856. The standard InChI is InChI=1S/C15H26N4O.2ClH/c1-13-11-17-19(12-13)10-6-15(20)18-8-4-14(5-9-18)3-7-16-2;;/h11-12,14,16H,3-10H2,1-2H3;2*1H. The van der Waals surface area contributed by atoms with E-state index in [0.717, 1.165) is 44.0 Å². The Balaban J connectivity index is 0.00000220. The van der Waals surface area contributed by atoms with Crippen molar-refractivity contribution in [3.8, 4) is 0 Å². The molecule has 22 heavy (non-hydrogen) atoms. The lowest BCUT2D eigenvalue weighted by Crippen LogP contribution is -2.39. The minimum atomic E-state index is 0. The molecule has 0 saturated carbocycles. The van der Waals surface area contributed by atoms with Crippen molar-refractivity contribution in [1.29, 1.82) is 0 Å². The predicted molar refractivity (Wildman–Crippen MR) is 93.9 cm³/mol. The molecule has 1 amide bonds. The number of amides is 1. The van der Waals surface area contributed by atoms with Crippen LogP contribution in [0, 0.1) is 12.8 Å². The maximum Gasteiger partial charge on any atom is 0.224 e. The molecule has 0 aliphatic carbocycles. The molecule has 2 rings (SSSR count). The van der Waals surface area contributed by atoms with Crippen molar-refractivity contribution in [2.45, 2.75) is 39.2 Å². The molecule has 2 heterocycles. The summed E-state index contributed by atoms with van der Waals surface area (Å²) in [4.78, 5) is 14.2. The summed E-state index contributed by atoms with van der Waals surface area (Å²) >= 11 is 0. The van der Waals surface area contributed by atoms with E-state index in [1.807, 2.05) is 35.9 Å². The molecule has 0 spiro atoms. The number of rotatable bonds is 6. The number of nitrogens with zero attached hydrogens (tertiary/aromatic N) is 3. The van der Waals surface area contributed by atoms with E-state index in [1.54, 1.807) is 0 Å². The van der Waals surface area contributed by atoms with Gasteiger partial charge in [-0.25, -0.2) is 0 Å². The van der Waals surface area contributed by atoms with Crippen molar-refractivity contribution in [1.82, 2.24) is 20.0 Å². The largest absolute Gasteiger partial charge is 0.343 e. The van der Waals surface area contributed by atoms with Gasteiger partial charge >= 0.3 is 0 Å². The van der Waals surface area contributed by atoms with Crippen LogP contribution in [0.3, 0.4) is 0 Å². The summed E-state index contributed by atoms with van der Waals surface area (Å²) in [7, 11) is 2.00. The van der Waals surface area contributed by atoms with Gasteiger partial charge in [0.05, 0.1) is 6.20 Å². The average Bonchev–Trinajstić information content (AvgIpc) is 2.89. The number of carbonyl (C=O) groups is 1. The maximum atomic E-state index is 12.2. The first-order valence-electron chi connectivity index (χ1n) is 7.60. The Morgan fingerprint density at radius 3 is 2.59 bits per heavy atom. The van der Waals surface area contributed by atoms with Crippen LogP contribution in [-0.2, 0) is 11.3 Å². The highest BCUT2D eigenvalue weighted by Gasteiger charge is 2.22. The third-order valence-corrected chi connectivity index (χ3v) is 4.09. The summed E-state index contributed by atoms with van der Waals surface area (Å²) in [6, 6.07) is 0. The van der Waals surface area contributed by atoms with Crippen LogP contribution in [0.4, 0.5) is 0 Å². The van der Waals surface area contributed by atoms with E-state index in [-0.39, 0.29) is 30.7 Å². The highest BCUT2D eigenvalue weighted by Crippen LogP contribution is 2.20. The van der Waals surface area contributed by atoms with Crippen LogP contribution in [0.2, 0.25) is 0 Å². The van der Waals surface area contributed by atoms with Crippen molar-refractivity contribution in [3.63, 3.8) is 0 Å². The molecule has 1 aliphatic rings. The second-order valence-corrected chi connectivity index (χ2v) is 5.75. The highest BCUT2D eigenvalue weighted by molar-refractivity contribution is 5.85. The SMILES string of the molecule is CNCCC1CCN(C(=O)CCn2cc(C)cn2)CC1.Cl.Cl. The van der Waals surface area contributed by atoms with Crippen LogP contribution in [0.5, 0.6) is 0 Å². The predicted octanol–water partition coefficient (Wildman–Crippen LogP) is 2.27. The molecule has 1 aromatic rings. The minimum Gasteiger partial charge on any atom is -0.343 e. The molecule has 0 aromatic carbocycles. The van der Waals surface area contributed by atoms with Gasteiger partial charge in [0, 0.05) is 32.3 Å². The zero-order valence-electron chi connectivity index (χ0n) is 13.5. The van der Waals surface area contributed by atoms with E-state index in [9.17, 15) is 4.79 Å². The van der Waals surface area contributed by atoms with Crippen LogP contribution in [0.15, 0.2) is 12.4 Å². The summed E-state index contributed by atoms with van der Waals surface area (Å²) in [6.07, 6.45) is 7.89. The highest BCUT2D eigenvalue weighted by atomic mass is 35.5. The van der Waals surface area contributed by atoms with Gasteiger partial charge in [-0.05, 0) is 51.3 Å². The fourth-order valence-electron chi connectivity index (χ4n) is 2.78. The molecule has 1 N–H and O–H groups in total. The molecule has 1 aromatic heterocycles. The summed E-state index contributed by atoms with van der Waals surface area (Å²) in [6.45, 7) is 5.63. The molecule has 1 fully saturated rings. The first-order chi connectivity index (χ1) is 9.69. The Morgan fingerprint density at radius 1 is 1.36 bits per heavy atom. The third kappa shape index (κ3) is 6.55. The Bertz CT molecular complexity index is 431. The van der Waals surface area contributed by atoms with Crippen molar-refractivity contribution >= 4 is 30.7 Å². The topological polar surface area (TPSA) is 50.2 Å². The first kappa shape index (κ1) is 21.2. The number of aromatic nitrogens is 2. The molecular formula is C15H28Cl2N4O. The van der Waals surface area contributed by atoms with Crippen LogP contribution >= 0.6 is 24.8 Å². The van der Waals surface area contributed by atoms with Crippen molar-refractivity contribution in [2.75, 3.05) is 26.7 Å². The fourth-order valence-corrected chi connectivity index (χ4v) is 2.78. The van der Waals surface area contributed by atoms with Crippen molar-refractivity contribution < 1.29 is 4.79 Å². The van der Waals surface area contributed by atoms with Crippen molar-refractivity contribution in [2.24, 2.45) is 5.92 Å². The van der Waals surface area contributed by atoms with Crippen LogP contribution in [0.25, 0.3) is 0 Å². The lowest BCUT2D eigenvalue weighted by molar-refractivity contribution is -0.132. The molecule has 5 nitrogen and oxygen atoms in total. The maximum absolute atomic E-state index is 12.2. The number of likely N-dealkylation sites (tertiary alicyclic amines) is 1. The van der Waals surface area contributed by atoms with Gasteiger partial charge in [-0.15, -0.1) is 24.8 Å². The average molecular weight is 351 g/mol. The Kier molecular flexibility index (Phi) is 10.5. The number of hydrogen-bond acceptors (Lipinski definition) is 3. The summed E-state index contributed by atoms with van der Waals surface area (Å²) < 4.78 is 1.85. The zero-order chi connectivity index (χ0) is 14.4. The van der Waals surface area contributed by atoms with Gasteiger partial charge in [0.25, 0.3) is 0 Å². The van der Waals surface area contributed by atoms with E-state index in [4.69, 9.17) is 0 Å². The van der Waals surface area contributed by atoms with Gasteiger partial charge in [0.15, 0.2) is 0 Å². The van der Waals surface area contributed by atoms with Gasteiger partial charge in [-0.2, -0.15) is 5.10 Å². The van der Waals surface area contributed by atoms with E-state index >= 15 is 0 Å². The second-order valence-electron chi connectivity index (χ2n) is 5.75. The molecule has 0 bridgehead atoms. The van der Waals surface area contributed by atoms with Crippen LogP contribution in [-0.4, -0.2) is 47.3 Å². The fraction of sp³-hybridized carbons (Fsp3) is 0.733. The molecule has 1 aliphatic heterocycles. The van der Waals surface area contributed by atoms with Gasteiger partial charge in [-0.3, -0.25) is 9.48 Å². The Hall–Kier alpha value is -0.780. The second kappa shape index (κ2) is 10.9. The molecule has 128 valence electrons. The first-order valence-corrected chi connectivity index (χ1v) is 7.60. The number of nitrogens with one attached hydrogen (secondary N) is 1. The number of carbonyl (C=O) groups excluding carboxylic acids is 1. The van der Waals surface area contributed by atoms with E-state index < -0.39 is 0 Å². The molecule has 0 atom stereocenters. The van der Waals surface area contributed by atoms with E-state index in [1.165, 1.54) is 6.42 Å². The molecule has 0 unspecified atom stereocenters. The lowest BCUT2D eigenvalue weighted by atomic mass is 9.93. The summed E-state index contributed by atoms with van der Waals surface area (Å²) in [5.41, 5.74) is 1.14. The van der Waals surface area contributed by atoms with E-state index in [2.05, 4.69) is 10.4 Å². The molecule has 1 saturated heterocycles. The summed E-state index contributed by atoms with van der Waals surface area (Å²) in [5.74, 6) is 1.05. The number of piperidine rings is 1. The molecule has 0 radical (unpaired) electrons. The van der Waals surface area contributed by atoms with Gasteiger partial charge < -0.3 is 10.2 Å². The van der Waals surface area contributed by atoms with Crippen LogP contribution < -0.4 is 5.32 Å². The number of hydrogen-bond donors (Lipinski definition) is 1. The number of halogens is 2. The number of aryl methyl sites for hydroxylation is 2. The van der Waals surface area contributed by atoms with Gasteiger partial charge in [0.2, 0.25) is 5.91 Å². The lowest BCUT2D eigenvalue weighted by Gasteiger charge is -2.32.